The van der Waals surface area contributed by atoms with Crippen LogP contribution < -0.4 is 5.32 Å². The Hall–Kier alpha value is -0.0900. The van der Waals surface area contributed by atoms with Crippen molar-refractivity contribution in [1.82, 2.24) is 5.32 Å². The zero-order chi connectivity index (χ0) is 12.0. The molecule has 0 atom stereocenters. The predicted molar refractivity (Wildman–Crippen MR) is 79.6 cm³/mol. The summed E-state index contributed by atoms with van der Waals surface area (Å²) in [6.45, 7) is 7.79. The predicted octanol–water partition coefficient (Wildman–Crippen LogP) is 4.35. The average molecular weight is 331 g/mol. The third-order valence-corrected chi connectivity index (χ3v) is 4.33. The molecule has 1 rings (SSSR count). The highest BCUT2D eigenvalue weighted by Gasteiger charge is 2.22. The monoisotopic (exact) mass is 331 g/mol. The van der Waals surface area contributed by atoms with Crippen molar-refractivity contribution in [2.45, 2.75) is 52.1 Å². The summed E-state index contributed by atoms with van der Waals surface area (Å²) >= 11 is 2.34. The van der Waals surface area contributed by atoms with Gasteiger partial charge in [-0.25, -0.2) is 0 Å². The van der Waals surface area contributed by atoms with Gasteiger partial charge in [0.05, 0.1) is 0 Å². The minimum atomic E-state index is 0.322. The molecule has 2 heteroatoms. The van der Waals surface area contributed by atoms with E-state index >= 15 is 0 Å². The van der Waals surface area contributed by atoms with Gasteiger partial charge in [0, 0.05) is 15.7 Å². The van der Waals surface area contributed by atoms with Crippen molar-refractivity contribution in [3.05, 3.63) is 33.4 Å². The molecule has 90 valence electrons. The van der Waals surface area contributed by atoms with Crippen molar-refractivity contribution >= 4 is 22.6 Å². The molecule has 0 aliphatic rings. The van der Waals surface area contributed by atoms with Crippen LogP contribution in [0.2, 0.25) is 0 Å². The van der Waals surface area contributed by atoms with Crippen LogP contribution in [0.5, 0.6) is 0 Å². The lowest BCUT2D eigenvalue weighted by molar-refractivity contribution is 0.288. The molecule has 0 aliphatic carbocycles. The molecule has 1 aromatic carbocycles. The van der Waals surface area contributed by atoms with Crippen LogP contribution in [0.3, 0.4) is 0 Å². The van der Waals surface area contributed by atoms with Crippen molar-refractivity contribution in [2.75, 3.05) is 0 Å². The molecule has 0 unspecified atom stereocenters. The SMILES string of the molecule is CCC(CC)(CC)NCc1ccc(I)cc1. The fourth-order valence-electron chi connectivity index (χ4n) is 2.02. The van der Waals surface area contributed by atoms with Crippen molar-refractivity contribution in [1.29, 1.82) is 0 Å². The number of nitrogens with one attached hydrogen (secondary N) is 1. The highest BCUT2D eigenvalue weighted by molar-refractivity contribution is 14.1. The third-order valence-electron chi connectivity index (χ3n) is 3.61. The van der Waals surface area contributed by atoms with Gasteiger partial charge in [-0.15, -0.1) is 0 Å². The van der Waals surface area contributed by atoms with Crippen LogP contribution in [0, 0.1) is 3.57 Å². The van der Waals surface area contributed by atoms with E-state index in [0.29, 0.717) is 5.54 Å². The van der Waals surface area contributed by atoms with Gasteiger partial charge >= 0.3 is 0 Å². The van der Waals surface area contributed by atoms with Gasteiger partial charge in [0.25, 0.3) is 0 Å². The fraction of sp³-hybridized carbons (Fsp3) is 0.571. The minimum absolute atomic E-state index is 0.322. The third kappa shape index (κ3) is 3.74. The molecule has 0 aliphatic heterocycles. The van der Waals surface area contributed by atoms with E-state index < -0.39 is 0 Å². The van der Waals surface area contributed by atoms with Crippen molar-refractivity contribution in [3.8, 4) is 0 Å². The Bertz CT molecular complexity index is 293. The highest BCUT2D eigenvalue weighted by Crippen LogP contribution is 2.20. The van der Waals surface area contributed by atoms with E-state index in [1.165, 1.54) is 28.4 Å². The number of hydrogen-bond acceptors (Lipinski definition) is 1. The first kappa shape index (κ1) is 14.0. The summed E-state index contributed by atoms with van der Waals surface area (Å²) in [5, 5.41) is 3.72. The first-order valence-corrected chi connectivity index (χ1v) is 7.23. The Kier molecular flexibility index (Phi) is 5.76. The standard InChI is InChI=1S/C14H22IN/c1-4-14(5-2,6-3)16-11-12-7-9-13(15)10-8-12/h7-10,16H,4-6,11H2,1-3H3. The summed E-state index contributed by atoms with van der Waals surface area (Å²) in [5.74, 6) is 0. The number of benzene rings is 1. The quantitative estimate of drug-likeness (QED) is 0.764. The second kappa shape index (κ2) is 6.60. The Balaban J connectivity index is 2.58. The van der Waals surface area contributed by atoms with E-state index in [-0.39, 0.29) is 0 Å². The summed E-state index contributed by atoms with van der Waals surface area (Å²) in [5.41, 5.74) is 1.70. The zero-order valence-electron chi connectivity index (χ0n) is 10.5. The molecule has 0 bridgehead atoms. The van der Waals surface area contributed by atoms with Crippen molar-refractivity contribution in [2.24, 2.45) is 0 Å². The molecule has 0 saturated carbocycles. The molecule has 0 heterocycles. The topological polar surface area (TPSA) is 12.0 Å². The fourth-order valence-corrected chi connectivity index (χ4v) is 2.38. The second-order valence-electron chi connectivity index (χ2n) is 4.32. The van der Waals surface area contributed by atoms with Gasteiger partial charge in [-0.3, -0.25) is 0 Å². The van der Waals surface area contributed by atoms with Crippen molar-refractivity contribution < 1.29 is 0 Å². The smallest absolute Gasteiger partial charge is 0.0210 e. The molecule has 1 nitrogen and oxygen atoms in total. The van der Waals surface area contributed by atoms with E-state index in [2.05, 4.69) is 72.9 Å². The molecule has 0 spiro atoms. The van der Waals surface area contributed by atoms with Gasteiger partial charge in [-0.05, 0) is 59.5 Å². The number of hydrogen-bond donors (Lipinski definition) is 1. The van der Waals surface area contributed by atoms with Crippen LogP contribution in [0.1, 0.15) is 45.6 Å². The average Bonchev–Trinajstić information content (AvgIpc) is 2.34. The Labute approximate surface area is 113 Å². The maximum absolute atomic E-state index is 3.72. The Morgan fingerprint density at radius 2 is 1.50 bits per heavy atom. The van der Waals surface area contributed by atoms with E-state index in [0.717, 1.165) is 6.54 Å². The Morgan fingerprint density at radius 3 is 1.94 bits per heavy atom. The second-order valence-corrected chi connectivity index (χ2v) is 5.57. The number of rotatable bonds is 6. The maximum atomic E-state index is 3.72. The summed E-state index contributed by atoms with van der Waals surface area (Å²) < 4.78 is 1.30. The molecule has 0 aromatic heterocycles. The van der Waals surface area contributed by atoms with Crippen LogP contribution in [-0.2, 0) is 6.54 Å². The van der Waals surface area contributed by atoms with Gasteiger partial charge in [0.2, 0.25) is 0 Å². The molecule has 1 N–H and O–H groups in total. The molecular weight excluding hydrogens is 309 g/mol. The van der Waals surface area contributed by atoms with Crippen LogP contribution in [-0.4, -0.2) is 5.54 Å². The summed E-state index contributed by atoms with van der Waals surface area (Å²) in [6, 6.07) is 8.76. The van der Waals surface area contributed by atoms with Crippen LogP contribution in [0.4, 0.5) is 0 Å². The van der Waals surface area contributed by atoms with Gasteiger partial charge in [0.15, 0.2) is 0 Å². The lowest BCUT2D eigenvalue weighted by Gasteiger charge is -2.32. The molecule has 0 saturated heterocycles. The summed E-state index contributed by atoms with van der Waals surface area (Å²) in [6.07, 6.45) is 3.60. The first-order valence-electron chi connectivity index (χ1n) is 6.15. The first-order chi connectivity index (χ1) is 7.65. The van der Waals surface area contributed by atoms with Gasteiger partial charge < -0.3 is 5.32 Å². The zero-order valence-corrected chi connectivity index (χ0v) is 12.7. The normalized spacial score (nSPS) is 11.8. The highest BCUT2D eigenvalue weighted by atomic mass is 127. The lowest BCUT2D eigenvalue weighted by atomic mass is 9.89. The molecule has 0 radical (unpaired) electrons. The van der Waals surface area contributed by atoms with Crippen LogP contribution >= 0.6 is 22.6 Å². The lowest BCUT2D eigenvalue weighted by Crippen LogP contribution is -2.43. The minimum Gasteiger partial charge on any atom is -0.307 e. The van der Waals surface area contributed by atoms with Crippen LogP contribution in [0.25, 0.3) is 0 Å². The molecule has 0 amide bonds. The summed E-state index contributed by atoms with van der Waals surface area (Å²) in [7, 11) is 0. The maximum Gasteiger partial charge on any atom is 0.0210 e. The summed E-state index contributed by atoms with van der Waals surface area (Å²) in [4.78, 5) is 0. The van der Waals surface area contributed by atoms with E-state index in [1.807, 2.05) is 0 Å². The molecule has 1 aromatic rings. The van der Waals surface area contributed by atoms with Crippen LogP contribution in [0.15, 0.2) is 24.3 Å². The van der Waals surface area contributed by atoms with E-state index in [4.69, 9.17) is 0 Å². The van der Waals surface area contributed by atoms with E-state index in [1.54, 1.807) is 0 Å². The molecular formula is C14H22IN. The molecule has 0 fully saturated rings. The molecule has 16 heavy (non-hydrogen) atoms. The van der Waals surface area contributed by atoms with Gasteiger partial charge in [-0.2, -0.15) is 0 Å². The van der Waals surface area contributed by atoms with E-state index in [9.17, 15) is 0 Å². The largest absolute Gasteiger partial charge is 0.307 e. The Morgan fingerprint density at radius 1 is 1.00 bits per heavy atom. The van der Waals surface area contributed by atoms with Crippen molar-refractivity contribution in [3.63, 3.8) is 0 Å². The van der Waals surface area contributed by atoms with Gasteiger partial charge in [-0.1, -0.05) is 32.9 Å². The van der Waals surface area contributed by atoms with Gasteiger partial charge in [0.1, 0.15) is 0 Å². The number of halogens is 1.